The molecule has 20 heavy (non-hydrogen) atoms. The first-order valence-corrected chi connectivity index (χ1v) is 8.95. The van der Waals surface area contributed by atoms with Gasteiger partial charge in [0.15, 0.2) is 0 Å². The normalized spacial score (nSPS) is 19.1. The van der Waals surface area contributed by atoms with Gasteiger partial charge in [-0.3, -0.25) is 4.90 Å². The summed E-state index contributed by atoms with van der Waals surface area (Å²) in [5, 5.41) is 3.21. The number of nitrogens with zero attached hydrogens (tertiary/aromatic N) is 3. The quantitative estimate of drug-likeness (QED) is 0.651. The van der Waals surface area contributed by atoms with E-state index in [2.05, 4.69) is 31.0 Å². The lowest BCUT2D eigenvalue weighted by Crippen LogP contribution is -2.53. The van der Waals surface area contributed by atoms with E-state index in [1.54, 1.807) is 11.4 Å². The molecule has 1 N–H and O–H groups in total. The number of nitrogens with one attached hydrogen (secondary N) is 1. The van der Waals surface area contributed by atoms with Gasteiger partial charge in [0.1, 0.15) is 0 Å². The Hall–Kier alpha value is -0.210. The fraction of sp³-hybridized carbons (Fsp3) is 1.00. The van der Waals surface area contributed by atoms with Crippen LogP contribution in [0.25, 0.3) is 0 Å². The van der Waals surface area contributed by atoms with Crippen molar-refractivity contribution in [3.05, 3.63) is 0 Å². The zero-order chi connectivity index (χ0) is 15.2. The average molecular weight is 306 g/mol. The molecule has 0 unspecified atom stereocenters. The summed E-state index contributed by atoms with van der Waals surface area (Å²) >= 11 is 0. The Labute approximate surface area is 124 Å². The minimum atomic E-state index is -3.29. The molecule has 1 fully saturated rings. The first-order valence-electron chi connectivity index (χ1n) is 7.55. The highest BCUT2D eigenvalue weighted by Gasteiger charge is 2.30. The third kappa shape index (κ3) is 4.96. The molecule has 0 bridgehead atoms. The molecule has 0 aromatic rings. The Morgan fingerprint density at radius 2 is 1.80 bits per heavy atom. The average Bonchev–Trinajstić information content (AvgIpc) is 2.43. The largest absolute Gasteiger partial charge is 0.317 e. The maximum atomic E-state index is 12.4. The Kier molecular flexibility index (Phi) is 7.39. The minimum Gasteiger partial charge on any atom is -0.317 e. The van der Waals surface area contributed by atoms with Crippen molar-refractivity contribution >= 4 is 10.2 Å². The molecule has 1 rings (SSSR count). The van der Waals surface area contributed by atoms with Crippen molar-refractivity contribution < 1.29 is 8.42 Å². The van der Waals surface area contributed by atoms with E-state index in [4.69, 9.17) is 0 Å². The van der Waals surface area contributed by atoms with Crippen molar-refractivity contribution in [2.45, 2.75) is 33.2 Å². The van der Waals surface area contributed by atoms with Crippen LogP contribution < -0.4 is 5.32 Å². The van der Waals surface area contributed by atoms with Gasteiger partial charge >= 0.3 is 0 Å². The fourth-order valence-corrected chi connectivity index (χ4v) is 3.75. The van der Waals surface area contributed by atoms with Crippen molar-refractivity contribution in [2.24, 2.45) is 0 Å². The molecule has 6 nitrogen and oxygen atoms in total. The van der Waals surface area contributed by atoms with Gasteiger partial charge in [0.25, 0.3) is 10.2 Å². The summed E-state index contributed by atoms with van der Waals surface area (Å²) in [7, 11) is -1.61. The second-order valence-corrected chi connectivity index (χ2v) is 7.60. The molecule has 0 aromatic carbocycles. The van der Waals surface area contributed by atoms with E-state index in [-0.39, 0.29) is 0 Å². The van der Waals surface area contributed by atoms with Crippen molar-refractivity contribution in [1.29, 1.82) is 0 Å². The molecule has 1 saturated heterocycles. The molecule has 0 spiro atoms. The highest BCUT2D eigenvalue weighted by Crippen LogP contribution is 2.12. The molecule has 7 heteroatoms. The van der Waals surface area contributed by atoms with Gasteiger partial charge in [-0.25, -0.2) is 0 Å². The Morgan fingerprint density at radius 1 is 1.20 bits per heavy atom. The number of hydrogen-bond acceptors (Lipinski definition) is 4. The van der Waals surface area contributed by atoms with E-state index < -0.39 is 10.2 Å². The van der Waals surface area contributed by atoms with E-state index in [0.29, 0.717) is 25.7 Å². The Bertz CT molecular complexity index is 365. The van der Waals surface area contributed by atoms with Gasteiger partial charge in [-0.1, -0.05) is 6.92 Å². The van der Waals surface area contributed by atoms with Crippen LogP contribution in [0.2, 0.25) is 0 Å². The van der Waals surface area contributed by atoms with E-state index in [1.807, 2.05) is 0 Å². The lowest BCUT2D eigenvalue weighted by atomic mass is 10.3. The van der Waals surface area contributed by atoms with Gasteiger partial charge in [0, 0.05) is 45.8 Å². The molecule has 1 aliphatic heterocycles. The van der Waals surface area contributed by atoms with Crippen LogP contribution in [0.3, 0.4) is 0 Å². The van der Waals surface area contributed by atoms with Crippen molar-refractivity contribution in [1.82, 2.24) is 18.8 Å². The van der Waals surface area contributed by atoms with E-state index >= 15 is 0 Å². The Morgan fingerprint density at radius 3 is 2.30 bits per heavy atom. The monoisotopic (exact) mass is 306 g/mol. The topological polar surface area (TPSA) is 55.9 Å². The summed E-state index contributed by atoms with van der Waals surface area (Å²) < 4.78 is 28.0. The molecule has 0 atom stereocenters. The van der Waals surface area contributed by atoms with Crippen LogP contribution in [0.15, 0.2) is 0 Å². The maximum absolute atomic E-state index is 12.4. The predicted octanol–water partition coefficient (Wildman–Crippen LogP) is 0.189. The van der Waals surface area contributed by atoms with Crippen molar-refractivity contribution in [2.75, 3.05) is 52.9 Å². The zero-order valence-corrected chi connectivity index (χ0v) is 14.1. The summed E-state index contributed by atoms with van der Waals surface area (Å²) in [5.74, 6) is 0. The summed E-state index contributed by atoms with van der Waals surface area (Å²) in [5.41, 5.74) is 0. The second-order valence-electron chi connectivity index (χ2n) is 5.57. The van der Waals surface area contributed by atoms with E-state index in [1.165, 1.54) is 4.31 Å². The zero-order valence-electron chi connectivity index (χ0n) is 13.3. The van der Waals surface area contributed by atoms with Gasteiger partial charge in [0.2, 0.25) is 0 Å². The predicted molar refractivity (Wildman–Crippen MR) is 83.0 cm³/mol. The van der Waals surface area contributed by atoms with Crippen LogP contribution in [-0.2, 0) is 10.2 Å². The maximum Gasteiger partial charge on any atom is 0.281 e. The third-order valence-corrected chi connectivity index (χ3v) is 5.79. The molecular formula is C13H30N4O2S. The van der Waals surface area contributed by atoms with Crippen LogP contribution in [0.1, 0.15) is 27.2 Å². The summed E-state index contributed by atoms with van der Waals surface area (Å²) in [6.45, 7) is 11.5. The second kappa shape index (κ2) is 8.29. The molecule has 0 amide bonds. The van der Waals surface area contributed by atoms with E-state index in [0.717, 1.165) is 32.6 Å². The highest BCUT2D eigenvalue weighted by molar-refractivity contribution is 7.86. The Balaban J connectivity index is 2.44. The molecule has 0 radical (unpaired) electrons. The van der Waals surface area contributed by atoms with Gasteiger partial charge < -0.3 is 5.32 Å². The number of rotatable bonds is 8. The van der Waals surface area contributed by atoms with Crippen molar-refractivity contribution in [3.8, 4) is 0 Å². The summed E-state index contributed by atoms with van der Waals surface area (Å²) in [6, 6.07) is 0.484. The molecule has 0 saturated carbocycles. The molecule has 1 aliphatic rings. The molecule has 0 aliphatic carbocycles. The number of hydrogen-bond donors (Lipinski definition) is 1. The smallest absolute Gasteiger partial charge is 0.281 e. The number of piperazine rings is 1. The molecular weight excluding hydrogens is 276 g/mol. The lowest BCUT2D eigenvalue weighted by Gasteiger charge is -2.37. The van der Waals surface area contributed by atoms with Crippen LogP contribution in [0.5, 0.6) is 0 Å². The molecule has 120 valence electrons. The van der Waals surface area contributed by atoms with Gasteiger partial charge in [-0.15, -0.1) is 0 Å². The van der Waals surface area contributed by atoms with Crippen LogP contribution in [-0.4, -0.2) is 80.8 Å². The SMILES string of the molecule is CCNCCCN(C)S(=O)(=O)N1CCN(C(C)C)CC1. The summed E-state index contributed by atoms with van der Waals surface area (Å²) in [4.78, 5) is 2.32. The van der Waals surface area contributed by atoms with Gasteiger partial charge in [0.05, 0.1) is 0 Å². The first kappa shape index (κ1) is 17.8. The van der Waals surface area contributed by atoms with E-state index in [9.17, 15) is 8.42 Å². The van der Waals surface area contributed by atoms with Crippen LogP contribution in [0, 0.1) is 0 Å². The van der Waals surface area contributed by atoms with Crippen LogP contribution >= 0.6 is 0 Å². The third-order valence-electron chi connectivity index (χ3n) is 3.80. The molecule has 1 heterocycles. The van der Waals surface area contributed by atoms with Crippen molar-refractivity contribution in [3.63, 3.8) is 0 Å². The lowest BCUT2D eigenvalue weighted by molar-refractivity contribution is 0.150. The van der Waals surface area contributed by atoms with Gasteiger partial charge in [-0.05, 0) is 33.4 Å². The standard InChI is InChI=1S/C13H30N4O2S/c1-5-14-7-6-8-15(4)20(18,19)17-11-9-16(10-12-17)13(2)3/h13-14H,5-12H2,1-4H3. The molecule has 0 aromatic heterocycles. The highest BCUT2D eigenvalue weighted by atomic mass is 32.2. The summed E-state index contributed by atoms with van der Waals surface area (Å²) in [6.07, 6.45) is 0.843. The van der Waals surface area contributed by atoms with Gasteiger partial charge in [-0.2, -0.15) is 17.0 Å². The minimum absolute atomic E-state index is 0.484. The first-order chi connectivity index (χ1) is 9.39. The van der Waals surface area contributed by atoms with Crippen LogP contribution in [0.4, 0.5) is 0 Å². The fourth-order valence-electron chi connectivity index (χ4n) is 2.37.